The van der Waals surface area contributed by atoms with Crippen molar-refractivity contribution in [2.24, 2.45) is 0 Å². The molecule has 54 valence electrons. The van der Waals surface area contributed by atoms with Crippen LogP contribution in [0.2, 0.25) is 0 Å². The molecule has 0 aliphatic carbocycles. The number of hydrogen-bond acceptors (Lipinski definition) is 4. The van der Waals surface area contributed by atoms with Gasteiger partial charge in [-0.2, -0.15) is 0 Å². The molecule has 0 aliphatic rings. The van der Waals surface area contributed by atoms with Gasteiger partial charge in [-0.3, -0.25) is 0 Å². The molecule has 0 aliphatic heterocycles. The van der Waals surface area contributed by atoms with E-state index in [0.717, 1.165) is 0 Å². The minimum absolute atomic E-state index is 0. The van der Waals surface area contributed by atoms with E-state index in [1.165, 1.54) is 12.1 Å². The fourth-order valence-corrected chi connectivity index (χ4v) is 0.779. The molecule has 0 bridgehead atoms. The van der Waals surface area contributed by atoms with Gasteiger partial charge in [-0.1, -0.05) is 12.1 Å². The van der Waals surface area contributed by atoms with Crippen LogP contribution in [-0.2, 0) is 0 Å². The molecule has 0 fully saturated rings. The minimum Gasteiger partial charge on any atom is -0.766 e. The Morgan fingerprint density at radius 3 is 2.55 bits per heavy atom. The molecule has 0 amide bonds. The van der Waals surface area contributed by atoms with Gasteiger partial charge in [-0.25, -0.2) is 0 Å². The van der Waals surface area contributed by atoms with Crippen LogP contribution >= 0.6 is 12.3 Å². The summed E-state index contributed by atoms with van der Waals surface area (Å²) in [5.74, 6) is 0.174. The van der Waals surface area contributed by atoms with E-state index >= 15 is 0 Å². The molecule has 0 radical (unpaired) electrons. The standard InChI is InChI=1S/C6H6O3S.K/c7-5-3-1-2-4-6(5)9-10-8;/h1-4,7-8H;/q;+1/p-1. The topological polar surface area (TPSA) is 52.5 Å². The van der Waals surface area contributed by atoms with Crippen molar-refractivity contribution in [2.45, 2.75) is 0 Å². The monoisotopic (exact) mass is 196 g/mol. The van der Waals surface area contributed by atoms with Crippen LogP contribution in [0.1, 0.15) is 0 Å². The molecule has 1 rings (SSSR count). The Hall–Kier alpha value is 0.766. The van der Waals surface area contributed by atoms with Gasteiger partial charge in [0.2, 0.25) is 0 Å². The van der Waals surface area contributed by atoms with Crippen LogP contribution in [0.5, 0.6) is 11.5 Å². The molecule has 0 heterocycles. The predicted molar refractivity (Wildman–Crippen MR) is 37.1 cm³/mol. The van der Waals surface area contributed by atoms with Gasteiger partial charge >= 0.3 is 51.4 Å². The summed E-state index contributed by atoms with van der Waals surface area (Å²) >= 11 is -0.0411. The van der Waals surface area contributed by atoms with Crippen molar-refractivity contribution in [3.05, 3.63) is 24.3 Å². The zero-order valence-corrected chi connectivity index (χ0v) is 9.92. The average Bonchev–Trinajstić information content (AvgIpc) is 1.94. The van der Waals surface area contributed by atoms with Crippen LogP contribution in [0.15, 0.2) is 24.3 Å². The van der Waals surface area contributed by atoms with E-state index in [4.69, 9.17) is 5.11 Å². The second kappa shape index (κ2) is 6.30. The number of para-hydroxylation sites is 2. The fourth-order valence-electron chi connectivity index (χ4n) is 0.564. The third-order valence-electron chi connectivity index (χ3n) is 0.989. The van der Waals surface area contributed by atoms with Gasteiger partial charge in [0.25, 0.3) is 0 Å². The van der Waals surface area contributed by atoms with Crippen LogP contribution in [0.4, 0.5) is 0 Å². The Bertz CT molecular complexity index is 219. The summed E-state index contributed by atoms with van der Waals surface area (Å²) in [6.45, 7) is 0. The summed E-state index contributed by atoms with van der Waals surface area (Å²) in [5, 5.41) is 8.96. The fraction of sp³-hybridized carbons (Fsp3) is 0. The van der Waals surface area contributed by atoms with E-state index in [9.17, 15) is 4.55 Å². The number of phenols is 1. The number of rotatable bonds is 2. The molecule has 0 spiro atoms. The van der Waals surface area contributed by atoms with Crippen molar-refractivity contribution in [1.82, 2.24) is 0 Å². The molecule has 0 unspecified atom stereocenters. The van der Waals surface area contributed by atoms with Gasteiger partial charge in [0.15, 0.2) is 11.5 Å². The number of phenolic OH excluding ortho intramolecular Hbond substituents is 1. The third kappa shape index (κ3) is 3.79. The normalized spacial score (nSPS) is 8.45. The third-order valence-corrected chi connectivity index (χ3v) is 1.24. The summed E-state index contributed by atoms with van der Waals surface area (Å²) in [5.41, 5.74) is 0. The van der Waals surface area contributed by atoms with Crippen LogP contribution in [0.3, 0.4) is 0 Å². The summed E-state index contributed by atoms with van der Waals surface area (Å²) in [6.07, 6.45) is 0. The van der Waals surface area contributed by atoms with E-state index in [1.807, 2.05) is 0 Å². The Kier molecular flexibility index (Phi) is 6.74. The van der Waals surface area contributed by atoms with Crippen LogP contribution in [-0.4, -0.2) is 9.66 Å². The zero-order chi connectivity index (χ0) is 7.40. The van der Waals surface area contributed by atoms with Crippen molar-refractivity contribution < 1.29 is 65.2 Å². The predicted octanol–water partition coefficient (Wildman–Crippen LogP) is -1.45. The van der Waals surface area contributed by atoms with Gasteiger partial charge in [-0.05, 0) is 24.5 Å². The smallest absolute Gasteiger partial charge is 0.766 e. The van der Waals surface area contributed by atoms with Gasteiger partial charge < -0.3 is 13.8 Å². The second-order valence-electron chi connectivity index (χ2n) is 1.62. The molecule has 5 heteroatoms. The first-order chi connectivity index (χ1) is 4.84. The second-order valence-corrected chi connectivity index (χ2v) is 1.92. The summed E-state index contributed by atoms with van der Waals surface area (Å²) in [7, 11) is 0. The average molecular weight is 196 g/mol. The quantitative estimate of drug-likeness (QED) is 0.464. The Morgan fingerprint density at radius 1 is 1.36 bits per heavy atom. The SMILES string of the molecule is [K+].[O-]SOc1ccccc1O. The molecule has 0 saturated carbocycles. The first-order valence-electron chi connectivity index (χ1n) is 2.59. The summed E-state index contributed by atoms with van der Waals surface area (Å²) < 4.78 is 14.3. The number of benzene rings is 1. The maximum Gasteiger partial charge on any atom is 1.00 e. The molecule has 0 atom stereocenters. The van der Waals surface area contributed by atoms with Crippen LogP contribution < -0.4 is 55.6 Å². The van der Waals surface area contributed by atoms with Gasteiger partial charge in [0.1, 0.15) is 0 Å². The molecule has 1 aromatic rings. The zero-order valence-electron chi connectivity index (χ0n) is 5.98. The summed E-state index contributed by atoms with van der Waals surface area (Å²) in [6, 6.07) is 6.29. The van der Waals surface area contributed by atoms with E-state index in [-0.39, 0.29) is 75.2 Å². The van der Waals surface area contributed by atoms with Crippen molar-refractivity contribution in [2.75, 3.05) is 0 Å². The molecule has 0 aromatic heterocycles. The largest absolute Gasteiger partial charge is 1.00 e. The van der Waals surface area contributed by atoms with Crippen molar-refractivity contribution in [3.63, 3.8) is 0 Å². The van der Waals surface area contributed by atoms with Gasteiger partial charge in [0.05, 0.1) is 0 Å². The minimum atomic E-state index is -0.0411. The van der Waals surface area contributed by atoms with Crippen LogP contribution in [0.25, 0.3) is 0 Å². The molecule has 3 nitrogen and oxygen atoms in total. The van der Waals surface area contributed by atoms with E-state index in [2.05, 4.69) is 4.18 Å². The molecule has 11 heavy (non-hydrogen) atoms. The molecule has 1 N–H and O–H groups in total. The van der Waals surface area contributed by atoms with E-state index in [1.54, 1.807) is 12.1 Å². The first-order valence-corrected chi connectivity index (χ1v) is 3.26. The molecule has 0 saturated heterocycles. The maximum atomic E-state index is 9.83. The number of aromatic hydroxyl groups is 1. The Balaban J connectivity index is 0.000001000. The van der Waals surface area contributed by atoms with Gasteiger partial charge in [0, 0.05) is 0 Å². The van der Waals surface area contributed by atoms with Crippen molar-refractivity contribution in [1.29, 1.82) is 0 Å². The summed E-state index contributed by atoms with van der Waals surface area (Å²) in [4.78, 5) is 0. The number of hydrogen-bond donors (Lipinski definition) is 1. The van der Waals surface area contributed by atoms with E-state index < -0.39 is 0 Å². The van der Waals surface area contributed by atoms with Gasteiger partial charge in [-0.15, -0.1) is 0 Å². The Morgan fingerprint density at radius 2 is 2.00 bits per heavy atom. The van der Waals surface area contributed by atoms with E-state index in [0.29, 0.717) is 0 Å². The Labute approximate surface area is 112 Å². The van der Waals surface area contributed by atoms with Crippen LogP contribution in [0, 0.1) is 0 Å². The van der Waals surface area contributed by atoms with Crippen molar-refractivity contribution >= 4 is 12.3 Å². The van der Waals surface area contributed by atoms with Crippen molar-refractivity contribution in [3.8, 4) is 11.5 Å². The molecular formula is C6H5KO3S. The molecular weight excluding hydrogens is 191 g/mol. The maximum absolute atomic E-state index is 9.83. The molecule has 1 aromatic carbocycles. The first kappa shape index (κ1) is 11.8.